The lowest BCUT2D eigenvalue weighted by atomic mass is 9.65. The van der Waals surface area contributed by atoms with Gasteiger partial charge in [0.1, 0.15) is 11.6 Å². The highest BCUT2D eigenvalue weighted by Crippen LogP contribution is 2.50. The van der Waals surface area contributed by atoms with Crippen LogP contribution in [0.2, 0.25) is 5.02 Å². The van der Waals surface area contributed by atoms with Gasteiger partial charge in [0.25, 0.3) is 0 Å². The molecule has 4 rings (SSSR count). The van der Waals surface area contributed by atoms with E-state index in [-0.39, 0.29) is 17.2 Å². The zero-order valence-electron chi connectivity index (χ0n) is 16.5. The van der Waals surface area contributed by atoms with Crippen LogP contribution >= 0.6 is 11.6 Å². The summed E-state index contributed by atoms with van der Waals surface area (Å²) in [4.78, 5) is 17.1. The maximum Gasteiger partial charge on any atom is 0.228 e. The summed E-state index contributed by atoms with van der Waals surface area (Å²) in [6, 6.07) is 10.1. The first-order valence-electron chi connectivity index (χ1n) is 10.2. The minimum absolute atomic E-state index is 0.00892. The molecule has 1 aliphatic carbocycles. The first-order chi connectivity index (χ1) is 13.5. The average molecular weight is 399 g/mol. The van der Waals surface area contributed by atoms with Crippen LogP contribution < -0.4 is 10.1 Å². The van der Waals surface area contributed by atoms with Crippen LogP contribution in [0.1, 0.15) is 50.2 Å². The average Bonchev–Trinajstić information content (AvgIpc) is 3.03. The van der Waals surface area contributed by atoms with E-state index < -0.39 is 0 Å². The molecular weight excluding hydrogens is 372 g/mol. The van der Waals surface area contributed by atoms with Gasteiger partial charge in [0.15, 0.2) is 0 Å². The number of carbonyl (C=O) groups is 1. The number of amides is 1. The fraction of sp³-hybridized carbons (Fsp3) is 0.478. The van der Waals surface area contributed by atoms with Crippen molar-refractivity contribution < 1.29 is 9.53 Å². The molecule has 28 heavy (non-hydrogen) atoms. The van der Waals surface area contributed by atoms with Gasteiger partial charge in [-0.05, 0) is 68.7 Å². The van der Waals surface area contributed by atoms with Crippen LogP contribution in [0.15, 0.2) is 36.5 Å². The number of fused-ring (bicyclic) bond motifs is 2. The largest absolute Gasteiger partial charge is 0.492 e. The zero-order valence-corrected chi connectivity index (χ0v) is 17.3. The van der Waals surface area contributed by atoms with Crippen LogP contribution in [0.3, 0.4) is 0 Å². The summed E-state index contributed by atoms with van der Waals surface area (Å²) in [7, 11) is 0. The van der Waals surface area contributed by atoms with Crippen LogP contribution in [0.25, 0.3) is 0 Å². The van der Waals surface area contributed by atoms with Gasteiger partial charge in [-0.25, -0.2) is 4.98 Å². The van der Waals surface area contributed by atoms with Crippen molar-refractivity contribution in [1.82, 2.24) is 4.98 Å². The lowest BCUT2D eigenvalue weighted by Crippen LogP contribution is -2.38. The molecule has 2 heterocycles. The van der Waals surface area contributed by atoms with Crippen molar-refractivity contribution in [3.8, 4) is 5.75 Å². The second-order valence-electron chi connectivity index (χ2n) is 8.27. The molecule has 2 aromatic rings. The maximum absolute atomic E-state index is 12.9. The van der Waals surface area contributed by atoms with E-state index in [4.69, 9.17) is 16.3 Å². The van der Waals surface area contributed by atoms with Crippen LogP contribution in [-0.4, -0.2) is 17.5 Å². The molecule has 1 atom stereocenters. The van der Waals surface area contributed by atoms with Crippen LogP contribution in [0, 0.1) is 18.8 Å². The van der Waals surface area contributed by atoms with Crippen molar-refractivity contribution in [2.45, 2.75) is 51.4 Å². The molecule has 5 heteroatoms. The molecule has 1 aromatic heterocycles. The fourth-order valence-electron chi connectivity index (χ4n) is 4.89. The van der Waals surface area contributed by atoms with Crippen molar-refractivity contribution in [3.63, 3.8) is 0 Å². The summed E-state index contributed by atoms with van der Waals surface area (Å²) < 4.78 is 6.03. The van der Waals surface area contributed by atoms with E-state index in [2.05, 4.69) is 42.3 Å². The highest BCUT2D eigenvalue weighted by atomic mass is 35.5. The maximum atomic E-state index is 12.9. The molecule has 1 fully saturated rings. The van der Waals surface area contributed by atoms with Crippen molar-refractivity contribution >= 4 is 23.3 Å². The Morgan fingerprint density at radius 1 is 1.32 bits per heavy atom. The highest BCUT2D eigenvalue weighted by Gasteiger charge is 2.45. The number of aromatic nitrogens is 1. The second-order valence-corrected chi connectivity index (χ2v) is 8.71. The van der Waals surface area contributed by atoms with Gasteiger partial charge in [0, 0.05) is 23.1 Å². The number of anilines is 1. The van der Waals surface area contributed by atoms with Crippen molar-refractivity contribution in [3.05, 3.63) is 52.7 Å². The summed E-state index contributed by atoms with van der Waals surface area (Å²) >= 11 is 5.88. The van der Waals surface area contributed by atoms with Gasteiger partial charge in [-0.15, -0.1) is 0 Å². The Morgan fingerprint density at radius 3 is 2.79 bits per heavy atom. The quantitative estimate of drug-likeness (QED) is 0.736. The minimum atomic E-state index is 0.00892. The SMILES string of the molecule is CC[C@H](C(=O)Nc1ccc(Cl)cn1)C1CCC2(CC1)COc1cc(C)ccc12. The monoisotopic (exact) mass is 398 g/mol. The lowest BCUT2D eigenvalue weighted by Gasteiger charge is -2.38. The molecule has 0 radical (unpaired) electrons. The molecule has 1 aromatic carbocycles. The molecule has 1 aliphatic heterocycles. The Bertz CT molecular complexity index is 857. The molecule has 148 valence electrons. The standard InChI is InChI=1S/C23H27ClN2O2/c1-3-18(22(27)26-21-7-5-17(24)13-25-21)16-8-10-23(11-9-16)14-28-20-12-15(2)4-6-19(20)23/h4-7,12-13,16,18H,3,8-11,14H2,1-2H3,(H,25,26,27)/t16?,18-,23?/m0/s1. The van der Waals surface area contributed by atoms with Gasteiger partial charge in [-0.1, -0.05) is 30.7 Å². The third kappa shape index (κ3) is 3.62. The smallest absolute Gasteiger partial charge is 0.228 e. The predicted octanol–water partition coefficient (Wildman–Crippen LogP) is 5.53. The van der Waals surface area contributed by atoms with E-state index in [9.17, 15) is 4.79 Å². The number of rotatable bonds is 4. The van der Waals surface area contributed by atoms with Crippen molar-refractivity contribution in [1.29, 1.82) is 0 Å². The normalized spacial score (nSPS) is 24.5. The molecule has 1 spiro atoms. The summed E-state index contributed by atoms with van der Waals surface area (Å²) in [5.74, 6) is 2.09. The summed E-state index contributed by atoms with van der Waals surface area (Å²) in [5.41, 5.74) is 2.73. The Balaban J connectivity index is 1.42. The Hall–Kier alpha value is -2.07. The van der Waals surface area contributed by atoms with E-state index in [1.165, 1.54) is 11.1 Å². The van der Waals surface area contributed by atoms with Gasteiger partial charge in [0.2, 0.25) is 5.91 Å². The van der Waals surface area contributed by atoms with E-state index >= 15 is 0 Å². The van der Waals surface area contributed by atoms with Crippen molar-refractivity contribution in [2.75, 3.05) is 11.9 Å². The highest BCUT2D eigenvalue weighted by molar-refractivity contribution is 6.30. The summed E-state index contributed by atoms with van der Waals surface area (Å²) in [6.07, 6.45) is 6.66. The molecule has 0 saturated heterocycles. The Kier molecular flexibility index (Phi) is 5.33. The number of nitrogens with one attached hydrogen (secondary N) is 1. The molecule has 1 saturated carbocycles. The topological polar surface area (TPSA) is 51.2 Å². The first-order valence-corrected chi connectivity index (χ1v) is 10.5. The molecule has 1 amide bonds. The number of ether oxygens (including phenoxy) is 1. The first kappa shape index (κ1) is 19.3. The number of nitrogens with zero attached hydrogens (tertiary/aromatic N) is 1. The van der Waals surface area contributed by atoms with Gasteiger partial charge in [-0.3, -0.25) is 4.79 Å². The zero-order chi connectivity index (χ0) is 19.7. The molecular formula is C23H27ClN2O2. The third-order valence-electron chi connectivity index (χ3n) is 6.52. The number of pyridine rings is 1. The van der Waals surface area contributed by atoms with Crippen LogP contribution in [0.4, 0.5) is 5.82 Å². The van der Waals surface area contributed by atoms with Gasteiger partial charge >= 0.3 is 0 Å². The second kappa shape index (κ2) is 7.75. The molecule has 4 nitrogen and oxygen atoms in total. The molecule has 0 bridgehead atoms. The molecule has 0 unspecified atom stereocenters. The van der Waals surface area contributed by atoms with E-state index in [1.54, 1.807) is 18.3 Å². The van der Waals surface area contributed by atoms with Gasteiger partial charge in [0.05, 0.1) is 11.6 Å². The predicted molar refractivity (Wildman–Crippen MR) is 112 cm³/mol. The summed E-state index contributed by atoms with van der Waals surface area (Å²) in [6.45, 7) is 4.97. The van der Waals surface area contributed by atoms with E-state index in [1.807, 2.05) is 0 Å². The number of benzene rings is 1. The number of hydrogen-bond acceptors (Lipinski definition) is 3. The van der Waals surface area contributed by atoms with E-state index in [0.29, 0.717) is 16.8 Å². The number of halogens is 1. The van der Waals surface area contributed by atoms with Crippen LogP contribution in [-0.2, 0) is 10.2 Å². The third-order valence-corrected chi connectivity index (χ3v) is 6.75. The number of hydrogen-bond donors (Lipinski definition) is 1. The van der Waals surface area contributed by atoms with E-state index in [0.717, 1.165) is 44.5 Å². The van der Waals surface area contributed by atoms with Crippen LogP contribution in [0.5, 0.6) is 5.75 Å². The fourth-order valence-corrected chi connectivity index (χ4v) is 5.00. The van der Waals surface area contributed by atoms with Crippen molar-refractivity contribution in [2.24, 2.45) is 11.8 Å². The van der Waals surface area contributed by atoms with Gasteiger partial charge < -0.3 is 10.1 Å². The summed E-state index contributed by atoms with van der Waals surface area (Å²) in [5, 5.41) is 3.53. The number of aryl methyl sites for hydroxylation is 1. The lowest BCUT2D eigenvalue weighted by molar-refractivity contribution is -0.122. The van der Waals surface area contributed by atoms with Gasteiger partial charge in [-0.2, -0.15) is 0 Å². The molecule has 2 aliphatic rings. The Morgan fingerprint density at radius 2 is 2.11 bits per heavy atom. The minimum Gasteiger partial charge on any atom is -0.492 e. The number of carbonyl (C=O) groups excluding carboxylic acids is 1. The molecule has 1 N–H and O–H groups in total. The Labute approximate surface area is 171 Å².